The first-order valence-corrected chi connectivity index (χ1v) is 4.08. The van der Waals surface area contributed by atoms with E-state index in [1.165, 1.54) is 0 Å². The van der Waals surface area contributed by atoms with Gasteiger partial charge in [0, 0.05) is 0 Å². The lowest BCUT2D eigenvalue weighted by molar-refractivity contribution is -0.286. The number of hydrogen-bond acceptors (Lipinski definition) is 2. The average Bonchev–Trinajstić information content (AvgIpc) is 1.98. The maximum absolute atomic E-state index is 12.0. The summed E-state index contributed by atoms with van der Waals surface area (Å²) in [5, 5.41) is 8.21. The van der Waals surface area contributed by atoms with Crippen LogP contribution >= 0.6 is 12.4 Å². The number of aliphatic carboxylic acids is 1. The van der Waals surface area contributed by atoms with Crippen LogP contribution in [0.5, 0.6) is 0 Å². The van der Waals surface area contributed by atoms with E-state index >= 15 is 0 Å². The molecule has 0 aliphatic heterocycles. The van der Waals surface area contributed by atoms with E-state index in [0.717, 1.165) is 0 Å². The highest BCUT2D eigenvalue weighted by atomic mass is 35.5. The predicted octanol–water partition coefficient (Wildman–Crippen LogP) is 2.34. The molecule has 0 saturated heterocycles. The number of nitrogens with two attached hydrogens (primary N) is 1. The molecule has 0 bridgehead atoms. The Morgan fingerprint density at radius 1 is 1.06 bits per heavy atom. The van der Waals surface area contributed by atoms with Crippen molar-refractivity contribution in [1.82, 2.24) is 0 Å². The summed E-state index contributed by atoms with van der Waals surface area (Å²) < 4.78 is 71.8. The molecule has 0 amide bonds. The minimum absolute atomic E-state index is 0. The number of carboxylic acids is 1. The van der Waals surface area contributed by atoms with Gasteiger partial charge in [-0.2, -0.15) is 26.3 Å². The minimum Gasteiger partial charge on any atom is -0.480 e. The van der Waals surface area contributed by atoms with Gasteiger partial charge in [-0.3, -0.25) is 4.79 Å². The molecule has 0 spiro atoms. The lowest BCUT2D eigenvalue weighted by atomic mass is 9.99. The fraction of sp³-hybridized carbons (Fsp3) is 0.857. The van der Waals surface area contributed by atoms with Crippen molar-refractivity contribution in [3.8, 4) is 0 Å². The maximum Gasteiger partial charge on any atom is 0.400 e. The van der Waals surface area contributed by atoms with Crippen molar-refractivity contribution < 1.29 is 36.2 Å². The third kappa shape index (κ3) is 6.57. The molecule has 104 valence electrons. The highest BCUT2D eigenvalue weighted by Crippen LogP contribution is 2.41. The Morgan fingerprint density at radius 3 is 1.65 bits per heavy atom. The van der Waals surface area contributed by atoms with E-state index in [9.17, 15) is 31.1 Å². The van der Waals surface area contributed by atoms with Gasteiger partial charge in [-0.15, -0.1) is 12.4 Å². The van der Waals surface area contributed by atoms with Gasteiger partial charge < -0.3 is 10.8 Å². The third-order valence-electron chi connectivity index (χ3n) is 1.87. The van der Waals surface area contributed by atoms with Crippen LogP contribution in [0.2, 0.25) is 0 Å². The van der Waals surface area contributed by atoms with Gasteiger partial charge in [0.05, 0.1) is 0 Å². The Labute approximate surface area is 98.4 Å². The molecule has 1 atom stereocenters. The van der Waals surface area contributed by atoms with Crippen LogP contribution in [0.25, 0.3) is 0 Å². The number of alkyl halides is 6. The van der Waals surface area contributed by atoms with Crippen molar-refractivity contribution in [2.24, 2.45) is 11.7 Å². The molecule has 0 radical (unpaired) electrons. The first-order chi connectivity index (χ1) is 6.96. The van der Waals surface area contributed by atoms with Crippen LogP contribution in [0.4, 0.5) is 26.3 Å². The smallest absolute Gasteiger partial charge is 0.400 e. The molecule has 0 aliphatic carbocycles. The standard InChI is InChI=1S/C7H9F6NO2.ClH/c8-6(9,10)4(7(11,12)13)2-1-3(14)5(15)16;/h3-4H,1-2,14H2,(H,15,16);1H. The van der Waals surface area contributed by atoms with Gasteiger partial charge in [0.15, 0.2) is 5.92 Å². The molecule has 17 heavy (non-hydrogen) atoms. The summed E-state index contributed by atoms with van der Waals surface area (Å²) in [7, 11) is 0. The number of halogens is 7. The summed E-state index contributed by atoms with van der Waals surface area (Å²) >= 11 is 0. The van der Waals surface area contributed by atoms with Crippen LogP contribution in [-0.2, 0) is 4.79 Å². The second-order valence-corrected chi connectivity index (χ2v) is 3.16. The lowest BCUT2D eigenvalue weighted by Gasteiger charge is -2.23. The SMILES string of the molecule is Cl.NC(CCC(C(F)(F)F)C(F)(F)F)C(=O)O. The molecule has 0 heterocycles. The highest BCUT2D eigenvalue weighted by Gasteiger charge is 2.56. The zero-order valence-electron chi connectivity index (χ0n) is 8.18. The third-order valence-corrected chi connectivity index (χ3v) is 1.87. The largest absolute Gasteiger partial charge is 0.480 e. The van der Waals surface area contributed by atoms with Gasteiger partial charge in [-0.05, 0) is 12.8 Å². The molecule has 0 aromatic rings. The molecule has 0 fully saturated rings. The summed E-state index contributed by atoms with van der Waals surface area (Å²) in [5.41, 5.74) is 4.82. The fourth-order valence-electron chi connectivity index (χ4n) is 0.983. The molecule has 0 aromatic heterocycles. The van der Waals surface area contributed by atoms with Gasteiger partial charge >= 0.3 is 18.3 Å². The summed E-state index contributed by atoms with van der Waals surface area (Å²) in [4.78, 5) is 10.1. The topological polar surface area (TPSA) is 63.3 Å². The fourth-order valence-corrected chi connectivity index (χ4v) is 0.983. The normalized spacial score (nSPS) is 14.4. The van der Waals surface area contributed by atoms with E-state index in [1.807, 2.05) is 0 Å². The predicted molar refractivity (Wildman–Crippen MR) is 47.7 cm³/mol. The number of rotatable bonds is 4. The van der Waals surface area contributed by atoms with Gasteiger partial charge in [0.2, 0.25) is 0 Å². The van der Waals surface area contributed by atoms with E-state index in [1.54, 1.807) is 0 Å². The quantitative estimate of drug-likeness (QED) is 0.781. The maximum atomic E-state index is 12.0. The molecule has 1 unspecified atom stereocenters. The van der Waals surface area contributed by atoms with E-state index in [2.05, 4.69) is 0 Å². The number of hydrogen-bond donors (Lipinski definition) is 2. The van der Waals surface area contributed by atoms with Crippen LogP contribution in [-0.4, -0.2) is 29.5 Å². The second-order valence-electron chi connectivity index (χ2n) is 3.16. The van der Waals surface area contributed by atoms with E-state index < -0.39 is 43.1 Å². The van der Waals surface area contributed by atoms with Gasteiger partial charge in [0.1, 0.15) is 6.04 Å². The van der Waals surface area contributed by atoms with Crippen molar-refractivity contribution in [3.63, 3.8) is 0 Å². The molecule has 0 rings (SSSR count). The van der Waals surface area contributed by atoms with E-state index in [-0.39, 0.29) is 12.4 Å². The molecule has 10 heteroatoms. The first kappa shape index (κ1) is 18.7. The number of carboxylic acid groups (broad SMARTS) is 1. The van der Waals surface area contributed by atoms with Gasteiger partial charge in [-0.25, -0.2) is 0 Å². The summed E-state index contributed by atoms with van der Waals surface area (Å²) in [6, 6.07) is -1.73. The molecule has 3 N–H and O–H groups in total. The van der Waals surface area contributed by atoms with Crippen LogP contribution in [0.1, 0.15) is 12.8 Å². The van der Waals surface area contributed by atoms with E-state index in [4.69, 9.17) is 10.8 Å². The van der Waals surface area contributed by atoms with Crippen molar-refractivity contribution in [1.29, 1.82) is 0 Å². The monoisotopic (exact) mass is 289 g/mol. The van der Waals surface area contributed by atoms with Gasteiger partial charge in [-0.1, -0.05) is 0 Å². The molecule has 3 nitrogen and oxygen atoms in total. The molecule has 0 aromatic carbocycles. The molecular weight excluding hydrogens is 280 g/mol. The minimum atomic E-state index is -5.45. The van der Waals surface area contributed by atoms with Crippen molar-refractivity contribution >= 4 is 18.4 Å². The van der Waals surface area contributed by atoms with Crippen molar-refractivity contribution in [2.45, 2.75) is 31.2 Å². The Hall–Kier alpha value is -0.700. The first-order valence-electron chi connectivity index (χ1n) is 4.08. The van der Waals surface area contributed by atoms with Crippen molar-refractivity contribution in [3.05, 3.63) is 0 Å². The van der Waals surface area contributed by atoms with E-state index in [0.29, 0.717) is 0 Å². The Kier molecular flexibility index (Phi) is 6.91. The molecule has 0 saturated carbocycles. The highest BCUT2D eigenvalue weighted by molar-refractivity contribution is 5.85. The van der Waals surface area contributed by atoms with Crippen LogP contribution in [0, 0.1) is 5.92 Å². The molecule has 0 aliphatic rings. The second kappa shape index (κ2) is 6.29. The average molecular weight is 290 g/mol. The molecular formula is C7H10ClF6NO2. The Balaban J connectivity index is 0. The van der Waals surface area contributed by atoms with Crippen molar-refractivity contribution in [2.75, 3.05) is 0 Å². The number of carbonyl (C=O) groups is 1. The zero-order valence-corrected chi connectivity index (χ0v) is 8.99. The lowest BCUT2D eigenvalue weighted by Crippen LogP contribution is -2.39. The Morgan fingerprint density at radius 2 is 1.41 bits per heavy atom. The summed E-state index contributed by atoms with van der Waals surface area (Å²) in [6.45, 7) is 0. The van der Waals surface area contributed by atoms with Crippen LogP contribution in [0.3, 0.4) is 0 Å². The van der Waals surface area contributed by atoms with Gasteiger partial charge in [0.25, 0.3) is 0 Å². The Bertz CT molecular complexity index is 240. The zero-order chi connectivity index (χ0) is 13.1. The van der Waals surface area contributed by atoms with Crippen LogP contribution < -0.4 is 5.73 Å². The summed E-state index contributed by atoms with van der Waals surface area (Å²) in [6.07, 6.45) is -13.2. The summed E-state index contributed by atoms with van der Waals surface area (Å²) in [5.74, 6) is -5.17. The van der Waals surface area contributed by atoms with Crippen LogP contribution in [0.15, 0.2) is 0 Å².